The molecule has 0 spiro atoms. The number of rotatable bonds is 3. The number of hydrogen-bond donors (Lipinski definition) is 1. The summed E-state index contributed by atoms with van der Waals surface area (Å²) in [5.41, 5.74) is 1.95. The molecule has 16 heavy (non-hydrogen) atoms. The fourth-order valence-electron chi connectivity index (χ4n) is 1.75. The van der Waals surface area contributed by atoms with Gasteiger partial charge in [0.1, 0.15) is 6.07 Å². The minimum absolute atomic E-state index is 0.431. The Bertz CT molecular complexity index is 444. The van der Waals surface area contributed by atoms with Gasteiger partial charge in [-0.25, -0.2) is 0 Å². The molecular weight excluding hydrogens is 220 g/mol. The maximum atomic E-state index is 8.78. The second-order valence-electron chi connectivity index (χ2n) is 4.83. The normalized spacial score (nSPS) is 18.6. The van der Waals surface area contributed by atoms with Gasteiger partial charge in [-0.1, -0.05) is 18.5 Å². The van der Waals surface area contributed by atoms with E-state index in [2.05, 4.69) is 25.2 Å². The molecule has 1 aliphatic carbocycles. The fraction of sp³-hybridized carbons (Fsp3) is 0.462. The van der Waals surface area contributed by atoms with E-state index in [0.29, 0.717) is 22.0 Å². The van der Waals surface area contributed by atoms with Gasteiger partial charge in [0.15, 0.2) is 0 Å². The number of halogens is 1. The van der Waals surface area contributed by atoms with Crippen LogP contribution in [0.1, 0.15) is 32.3 Å². The van der Waals surface area contributed by atoms with Crippen molar-refractivity contribution in [2.45, 2.75) is 32.7 Å². The van der Waals surface area contributed by atoms with Crippen LogP contribution in [0.3, 0.4) is 0 Å². The molecule has 0 aliphatic heterocycles. The smallest absolute Gasteiger partial charge is 0.101 e. The Morgan fingerprint density at radius 3 is 2.69 bits per heavy atom. The predicted octanol–water partition coefficient (Wildman–Crippen LogP) is 3.81. The molecule has 0 bridgehead atoms. The molecule has 1 aliphatic rings. The van der Waals surface area contributed by atoms with E-state index in [-0.39, 0.29) is 0 Å². The summed E-state index contributed by atoms with van der Waals surface area (Å²) in [6.45, 7) is 4.48. The van der Waals surface area contributed by atoms with Crippen molar-refractivity contribution in [3.63, 3.8) is 0 Å². The molecule has 1 fully saturated rings. The number of anilines is 1. The van der Waals surface area contributed by atoms with Crippen molar-refractivity contribution in [2.75, 3.05) is 5.32 Å². The summed E-state index contributed by atoms with van der Waals surface area (Å²) in [5.74, 6) is 0. The summed E-state index contributed by atoms with van der Waals surface area (Å²) in [6.07, 6.45) is 2.57. The summed E-state index contributed by atoms with van der Waals surface area (Å²) in [6, 6.07) is 7.99. The standard InChI is InChI=1S/C13H15ClN2/c1-9(13(2)5-6-13)16-11-4-3-10(8-15)12(14)7-11/h3-4,7,9,16H,5-6H2,1-2H3. The highest BCUT2D eigenvalue weighted by Crippen LogP contribution is 2.48. The second-order valence-corrected chi connectivity index (χ2v) is 5.23. The van der Waals surface area contributed by atoms with Gasteiger partial charge in [0.05, 0.1) is 10.6 Å². The average molecular weight is 235 g/mol. The molecule has 1 unspecified atom stereocenters. The molecule has 2 nitrogen and oxygen atoms in total. The van der Waals surface area contributed by atoms with Gasteiger partial charge in [-0.2, -0.15) is 5.26 Å². The third-order valence-electron chi connectivity index (χ3n) is 3.56. The number of nitriles is 1. The lowest BCUT2D eigenvalue weighted by Crippen LogP contribution is -2.24. The van der Waals surface area contributed by atoms with Crippen LogP contribution in [0.5, 0.6) is 0 Å². The van der Waals surface area contributed by atoms with Crippen LogP contribution < -0.4 is 5.32 Å². The highest BCUT2D eigenvalue weighted by Gasteiger charge is 2.42. The summed E-state index contributed by atoms with van der Waals surface area (Å²) >= 11 is 5.98. The number of benzene rings is 1. The van der Waals surface area contributed by atoms with E-state index in [0.717, 1.165) is 5.69 Å². The van der Waals surface area contributed by atoms with Crippen molar-refractivity contribution in [3.8, 4) is 6.07 Å². The van der Waals surface area contributed by atoms with E-state index in [4.69, 9.17) is 16.9 Å². The van der Waals surface area contributed by atoms with E-state index in [1.165, 1.54) is 12.8 Å². The molecule has 84 valence electrons. The fourth-order valence-corrected chi connectivity index (χ4v) is 1.97. The van der Waals surface area contributed by atoms with Crippen LogP contribution in [0.2, 0.25) is 5.02 Å². The third-order valence-corrected chi connectivity index (χ3v) is 3.87. The molecule has 0 aromatic heterocycles. The molecule has 1 aromatic rings. The van der Waals surface area contributed by atoms with Gasteiger partial charge in [0.25, 0.3) is 0 Å². The van der Waals surface area contributed by atoms with Gasteiger partial charge >= 0.3 is 0 Å². The first-order valence-corrected chi connectivity index (χ1v) is 5.89. The number of nitrogens with zero attached hydrogens (tertiary/aromatic N) is 1. The lowest BCUT2D eigenvalue weighted by molar-refractivity contribution is 0.493. The quantitative estimate of drug-likeness (QED) is 0.863. The Balaban J connectivity index is 2.11. The van der Waals surface area contributed by atoms with E-state index in [9.17, 15) is 0 Å². The summed E-state index contributed by atoms with van der Waals surface area (Å²) in [5, 5.41) is 12.7. The van der Waals surface area contributed by atoms with Gasteiger partial charge in [-0.3, -0.25) is 0 Å². The van der Waals surface area contributed by atoms with Gasteiger partial charge < -0.3 is 5.32 Å². The van der Waals surface area contributed by atoms with Crippen LogP contribution in [0.4, 0.5) is 5.69 Å². The zero-order valence-corrected chi connectivity index (χ0v) is 10.3. The van der Waals surface area contributed by atoms with E-state index < -0.39 is 0 Å². The Kier molecular flexibility index (Phi) is 2.82. The highest BCUT2D eigenvalue weighted by atomic mass is 35.5. The zero-order valence-electron chi connectivity index (χ0n) is 9.55. The van der Waals surface area contributed by atoms with Gasteiger partial charge in [-0.05, 0) is 43.4 Å². The highest BCUT2D eigenvalue weighted by molar-refractivity contribution is 6.32. The SMILES string of the molecule is CC(Nc1ccc(C#N)c(Cl)c1)C1(C)CC1. The lowest BCUT2D eigenvalue weighted by Gasteiger charge is -2.21. The first-order chi connectivity index (χ1) is 7.55. The van der Waals surface area contributed by atoms with E-state index >= 15 is 0 Å². The topological polar surface area (TPSA) is 35.8 Å². The Morgan fingerprint density at radius 1 is 1.50 bits per heavy atom. The second kappa shape index (κ2) is 3.99. The van der Waals surface area contributed by atoms with Gasteiger partial charge in [-0.15, -0.1) is 0 Å². The van der Waals surface area contributed by atoms with E-state index in [1.54, 1.807) is 6.07 Å². The molecule has 0 radical (unpaired) electrons. The van der Waals surface area contributed by atoms with Crippen molar-refractivity contribution < 1.29 is 0 Å². The lowest BCUT2D eigenvalue weighted by atomic mass is 10.0. The Hall–Kier alpha value is -1.20. The molecule has 1 aromatic carbocycles. The van der Waals surface area contributed by atoms with Crippen LogP contribution >= 0.6 is 11.6 Å². The first kappa shape index (κ1) is 11.3. The molecule has 0 saturated heterocycles. The molecule has 0 amide bonds. The van der Waals surface area contributed by atoms with Crippen molar-refractivity contribution >= 4 is 17.3 Å². The van der Waals surface area contributed by atoms with Crippen LogP contribution in [-0.4, -0.2) is 6.04 Å². The zero-order chi connectivity index (χ0) is 11.8. The molecule has 1 atom stereocenters. The largest absolute Gasteiger partial charge is 0.382 e. The summed E-state index contributed by atoms with van der Waals surface area (Å²) < 4.78 is 0. The molecule has 2 rings (SSSR count). The first-order valence-electron chi connectivity index (χ1n) is 5.51. The van der Waals surface area contributed by atoms with Gasteiger partial charge in [0.2, 0.25) is 0 Å². The summed E-state index contributed by atoms with van der Waals surface area (Å²) in [7, 11) is 0. The molecular formula is C13H15ClN2. The minimum atomic E-state index is 0.431. The Labute approximate surface area is 101 Å². The predicted molar refractivity (Wildman–Crippen MR) is 66.6 cm³/mol. The van der Waals surface area contributed by atoms with Crippen molar-refractivity contribution in [3.05, 3.63) is 28.8 Å². The monoisotopic (exact) mass is 234 g/mol. The van der Waals surface area contributed by atoms with Gasteiger partial charge in [0, 0.05) is 11.7 Å². The average Bonchev–Trinajstić information content (AvgIpc) is 2.98. The number of hydrogen-bond acceptors (Lipinski definition) is 2. The van der Waals surface area contributed by atoms with Crippen LogP contribution in [0.25, 0.3) is 0 Å². The van der Waals surface area contributed by atoms with Crippen molar-refractivity contribution in [2.24, 2.45) is 5.41 Å². The minimum Gasteiger partial charge on any atom is -0.382 e. The Morgan fingerprint density at radius 2 is 2.19 bits per heavy atom. The van der Waals surface area contributed by atoms with Crippen molar-refractivity contribution in [1.82, 2.24) is 0 Å². The van der Waals surface area contributed by atoms with Crippen LogP contribution in [0.15, 0.2) is 18.2 Å². The summed E-state index contributed by atoms with van der Waals surface area (Å²) in [4.78, 5) is 0. The molecule has 1 saturated carbocycles. The number of nitrogens with one attached hydrogen (secondary N) is 1. The maximum absolute atomic E-state index is 8.78. The molecule has 3 heteroatoms. The van der Waals surface area contributed by atoms with Crippen LogP contribution in [-0.2, 0) is 0 Å². The molecule has 0 heterocycles. The third kappa shape index (κ3) is 2.15. The molecule has 1 N–H and O–H groups in total. The van der Waals surface area contributed by atoms with E-state index in [1.807, 2.05) is 12.1 Å². The maximum Gasteiger partial charge on any atom is 0.101 e. The van der Waals surface area contributed by atoms with Crippen molar-refractivity contribution in [1.29, 1.82) is 5.26 Å². The van der Waals surface area contributed by atoms with Crippen LogP contribution in [0, 0.1) is 16.7 Å².